The number of methoxy groups -OCH3 is 1. The second kappa shape index (κ2) is 14.5. The highest BCUT2D eigenvalue weighted by atomic mass is 16.6. The molecule has 0 N–H and O–H groups in total. The molecule has 1 rings (SSSR count). The van der Waals surface area contributed by atoms with Gasteiger partial charge in [0, 0.05) is 6.08 Å². The van der Waals surface area contributed by atoms with Gasteiger partial charge in [-0.3, -0.25) is 0 Å². The number of unbranched alkanes of at least 4 members (excludes halogenated alkanes) is 11. The highest BCUT2D eigenvalue weighted by Crippen LogP contribution is 2.29. The van der Waals surface area contributed by atoms with Crippen molar-refractivity contribution in [2.24, 2.45) is 0 Å². The van der Waals surface area contributed by atoms with Crippen LogP contribution in [0, 0.1) is 0 Å². The molecule has 0 aliphatic carbocycles. The van der Waals surface area contributed by atoms with Crippen LogP contribution in [0.5, 0.6) is 0 Å². The van der Waals surface area contributed by atoms with E-state index < -0.39 is 0 Å². The Morgan fingerprint density at radius 2 is 1.42 bits per heavy atom. The standard InChI is InChI=1S/C21H38O3/c1-3-19-20(24-19)17-15-13-11-9-7-5-4-6-8-10-12-14-16-18-21(22)23-2/h16,18-20H,3-15,17H2,1-2H3/t19-,20?/m1/s1. The fourth-order valence-electron chi connectivity index (χ4n) is 3.24. The van der Waals surface area contributed by atoms with E-state index in [1.807, 2.05) is 6.08 Å². The molecule has 1 unspecified atom stereocenters. The van der Waals surface area contributed by atoms with Gasteiger partial charge < -0.3 is 9.47 Å². The summed E-state index contributed by atoms with van der Waals surface area (Å²) in [7, 11) is 1.41. The van der Waals surface area contributed by atoms with Crippen LogP contribution in [0.2, 0.25) is 0 Å². The molecule has 0 radical (unpaired) electrons. The number of esters is 1. The molecule has 140 valence electrons. The Kier molecular flexibility index (Phi) is 12.8. The quantitative estimate of drug-likeness (QED) is 0.151. The Bertz CT molecular complexity index is 338. The van der Waals surface area contributed by atoms with E-state index in [9.17, 15) is 4.79 Å². The molecule has 0 aromatic heterocycles. The molecule has 0 bridgehead atoms. The first-order valence-corrected chi connectivity index (χ1v) is 10.2. The maximum Gasteiger partial charge on any atom is 0.330 e. The molecular formula is C21H38O3. The van der Waals surface area contributed by atoms with Crippen molar-refractivity contribution in [3.05, 3.63) is 12.2 Å². The van der Waals surface area contributed by atoms with Gasteiger partial charge in [0.25, 0.3) is 0 Å². The lowest BCUT2D eigenvalue weighted by Gasteiger charge is -2.02. The summed E-state index contributed by atoms with van der Waals surface area (Å²) in [6.07, 6.45) is 23.0. The maximum atomic E-state index is 10.9. The van der Waals surface area contributed by atoms with Crippen molar-refractivity contribution >= 4 is 5.97 Å². The van der Waals surface area contributed by atoms with Crippen LogP contribution in [-0.2, 0) is 14.3 Å². The fraction of sp³-hybridized carbons (Fsp3) is 0.857. The highest BCUT2D eigenvalue weighted by Gasteiger charge is 2.35. The predicted molar refractivity (Wildman–Crippen MR) is 100 cm³/mol. The van der Waals surface area contributed by atoms with Gasteiger partial charge in [0.2, 0.25) is 0 Å². The summed E-state index contributed by atoms with van der Waals surface area (Å²) in [4.78, 5) is 10.9. The van der Waals surface area contributed by atoms with E-state index in [0.717, 1.165) is 6.42 Å². The van der Waals surface area contributed by atoms with Crippen LogP contribution in [0.15, 0.2) is 12.2 Å². The summed E-state index contributed by atoms with van der Waals surface area (Å²) in [6.45, 7) is 2.22. The topological polar surface area (TPSA) is 38.8 Å². The number of hydrogen-bond donors (Lipinski definition) is 0. The number of epoxide rings is 1. The molecule has 24 heavy (non-hydrogen) atoms. The molecule has 0 spiro atoms. The van der Waals surface area contributed by atoms with Crippen LogP contribution in [0.3, 0.4) is 0 Å². The molecule has 1 saturated heterocycles. The summed E-state index contributed by atoms with van der Waals surface area (Å²) in [6, 6.07) is 0. The summed E-state index contributed by atoms with van der Waals surface area (Å²) >= 11 is 0. The van der Waals surface area contributed by atoms with Gasteiger partial charge in [0.1, 0.15) is 0 Å². The average molecular weight is 339 g/mol. The van der Waals surface area contributed by atoms with Crippen LogP contribution in [0.1, 0.15) is 96.8 Å². The SMILES string of the molecule is CC[C@H]1OC1CCCCCCCCCCCCCC=CC(=O)OC. The third-order valence-electron chi connectivity index (χ3n) is 4.90. The lowest BCUT2D eigenvalue weighted by atomic mass is 10.0. The van der Waals surface area contributed by atoms with Crippen molar-refractivity contribution in [1.82, 2.24) is 0 Å². The smallest absolute Gasteiger partial charge is 0.330 e. The van der Waals surface area contributed by atoms with Gasteiger partial charge in [0.15, 0.2) is 0 Å². The lowest BCUT2D eigenvalue weighted by Crippen LogP contribution is -1.93. The number of carbonyl (C=O) groups excluding carboxylic acids is 1. The monoisotopic (exact) mass is 338 g/mol. The van der Waals surface area contributed by atoms with Gasteiger partial charge in [-0.05, 0) is 25.7 Å². The largest absolute Gasteiger partial charge is 0.466 e. The van der Waals surface area contributed by atoms with Crippen molar-refractivity contribution in [2.45, 2.75) is 109 Å². The van der Waals surface area contributed by atoms with Gasteiger partial charge in [-0.25, -0.2) is 4.79 Å². The Hall–Kier alpha value is -0.830. The van der Waals surface area contributed by atoms with Crippen LogP contribution in [0.25, 0.3) is 0 Å². The number of allylic oxidation sites excluding steroid dienone is 1. The number of hydrogen-bond acceptors (Lipinski definition) is 3. The van der Waals surface area contributed by atoms with E-state index in [0.29, 0.717) is 12.2 Å². The van der Waals surface area contributed by atoms with E-state index in [2.05, 4.69) is 11.7 Å². The Morgan fingerprint density at radius 3 is 1.92 bits per heavy atom. The van der Waals surface area contributed by atoms with Gasteiger partial charge in [-0.2, -0.15) is 0 Å². The molecule has 1 fully saturated rings. The van der Waals surface area contributed by atoms with Crippen LogP contribution >= 0.6 is 0 Å². The molecule has 3 nitrogen and oxygen atoms in total. The third-order valence-corrected chi connectivity index (χ3v) is 4.90. The van der Waals surface area contributed by atoms with E-state index in [-0.39, 0.29) is 5.97 Å². The molecule has 0 aromatic rings. The van der Waals surface area contributed by atoms with E-state index in [1.165, 1.54) is 96.7 Å². The summed E-state index contributed by atoms with van der Waals surface area (Å²) in [5.74, 6) is -0.249. The van der Waals surface area contributed by atoms with Crippen molar-refractivity contribution in [1.29, 1.82) is 0 Å². The van der Waals surface area contributed by atoms with Crippen molar-refractivity contribution in [3.63, 3.8) is 0 Å². The zero-order valence-corrected chi connectivity index (χ0v) is 15.9. The third kappa shape index (κ3) is 11.7. The maximum absolute atomic E-state index is 10.9. The molecule has 0 saturated carbocycles. The number of carbonyl (C=O) groups is 1. The molecule has 1 aliphatic heterocycles. The molecule has 0 amide bonds. The molecular weight excluding hydrogens is 300 g/mol. The first-order valence-electron chi connectivity index (χ1n) is 10.2. The van der Waals surface area contributed by atoms with E-state index in [4.69, 9.17) is 4.74 Å². The first kappa shape index (κ1) is 21.2. The van der Waals surface area contributed by atoms with Crippen molar-refractivity contribution < 1.29 is 14.3 Å². The van der Waals surface area contributed by atoms with Crippen molar-refractivity contribution in [2.75, 3.05) is 7.11 Å². The minimum Gasteiger partial charge on any atom is -0.466 e. The van der Waals surface area contributed by atoms with Crippen LogP contribution in [0.4, 0.5) is 0 Å². The average Bonchev–Trinajstić information content (AvgIpc) is 3.36. The molecule has 0 aromatic carbocycles. The van der Waals surface area contributed by atoms with Gasteiger partial charge in [-0.15, -0.1) is 0 Å². The highest BCUT2D eigenvalue weighted by molar-refractivity contribution is 5.81. The van der Waals surface area contributed by atoms with E-state index in [1.54, 1.807) is 0 Å². The van der Waals surface area contributed by atoms with Gasteiger partial charge in [-0.1, -0.05) is 77.2 Å². The van der Waals surface area contributed by atoms with E-state index >= 15 is 0 Å². The number of rotatable bonds is 16. The second-order valence-electron chi connectivity index (χ2n) is 7.01. The molecule has 3 heteroatoms. The molecule has 2 atom stereocenters. The summed E-state index contributed by atoms with van der Waals surface area (Å²) in [5.41, 5.74) is 0. The Labute approximate surface area is 149 Å². The lowest BCUT2D eigenvalue weighted by molar-refractivity contribution is -0.134. The zero-order valence-electron chi connectivity index (χ0n) is 15.9. The van der Waals surface area contributed by atoms with Gasteiger partial charge in [0.05, 0.1) is 19.3 Å². The zero-order chi connectivity index (χ0) is 17.5. The first-order chi connectivity index (χ1) is 11.8. The Morgan fingerprint density at radius 1 is 0.875 bits per heavy atom. The number of ether oxygens (including phenoxy) is 2. The van der Waals surface area contributed by atoms with Crippen molar-refractivity contribution in [3.8, 4) is 0 Å². The normalized spacial score (nSPS) is 19.8. The fourth-order valence-corrected chi connectivity index (χ4v) is 3.24. The minimum atomic E-state index is -0.249. The van der Waals surface area contributed by atoms with Crippen LogP contribution < -0.4 is 0 Å². The minimum absolute atomic E-state index is 0.249. The summed E-state index contributed by atoms with van der Waals surface area (Å²) < 4.78 is 10.1. The van der Waals surface area contributed by atoms with Crippen LogP contribution in [-0.4, -0.2) is 25.3 Å². The van der Waals surface area contributed by atoms with Gasteiger partial charge >= 0.3 is 5.97 Å². The Balaban J connectivity index is 1.69. The molecule has 1 heterocycles. The summed E-state index contributed by atoms with van der Waals surface area (Å²) in [5, 5.41) is 0. The molecule has 1 aliphatic rings. The predicted octanol–water partition coefficient (Wildman–Crippen LogP) is 5.96. The second-order valence-corrected chi connectivity index (χ2v) is 7.01.